The smallest absolute Gasteiger partial charge is 0.410 e. The van der Waals surface area contributed by atoms with Gasteiger partial charge >= 0.3 is 6.09 Å². The molecule has 1 aromatic heterocycles. The monoisotopic (exact) mass is 368 g/mol. The van der Waals surface area contributed by atoms with E-state index >= 15 is 0 Å². The maximum Gasteiger partial charge on any atom is 0.410 e. The van der Waals surface area contributed by atoms with Gasteiger partial charge in [0.1, 0.15) is 17.8 Å². The second-order valence-corrected chi connectivity index (χ2v) is 7.31. The average Bonchev–Trinajstić information content (AvgIpc) is 3.21. The molecule has 0 saturated carbocycles. The zero-order chi connectivity index (χ0) is 19.0. The number of aromatic nitrogens is 2. The summed E-state index contributed by atoms with van der Waals surface area (Å²) in [7, 11) is 0. The Kier molecular flexibility index (Phi) is 4.37. The van der Waals surface area contributed by atoms with Gasteiger partial charge in [-0.25, -0.2) is 4.79 Å². The number of carbonyl (C=O) groups is 2. The van der Waals surface area contributed by atoms with E-state index in [9.17, 15) is 9.59 Å². The van der Waals surface area contributed by atoms with Gasteiger partial charge in [-0.1, -0.05) is 30.3 Å². The lowest BCUT2D eigenvalue weighted by molar-refractivity contribution is 0.0366. The predicted molar refractivity (Wildman–Crippen MR) is 99.5 cm³/mol. The highest BCUT2D eigenvalue weighted by Gasteiger charge is 2.51. The highest BCUT2D eigenvalue weighted by molar-refractivity contribution is 5.93. The van der Waals surface area contributed by atoms with Crippen LogP contribution in [0, 0.1) is 6.92 Å². The molecule has 1 atom stereocenters. The van der Waals surface area contributed by atoms with E-state index < -0.39 is 5.54 Å². The summed E-state index contributed by atoms with van der Waals surface area (Å²) < 4.78 is 7.13. The van der Waals surface area contributed by atoms with Crippen molar-refractivity contribution in [2.45, 2.75) is 32.4 Å². The molecule has 0 spiro atoms. The number of rotatable bonds is 4. The molecular formula is C20H24N4O3. The fourth-order valence-electron chi connectivity index (χ4n) is 4.13. The van der Waals surface area contributed by atoms with E-state index in [-0.39, 0.29) is 12.0 Å². The van der Waals surface area contributed by atoms with Crippen LogP contribution in [0.1, 0.15) is 28.7 Å². The standard InChI is InChI=1S/C20H24N4O3/c1-3-24-17(11-15(2)21-24)18(25)22-9-10-23-19(26)27-14-20(23,13-22)12-16-7-5-4-6-8-16/h4-8,11H,3,9-10,12-14H2,1-2H3. The maximum absolute atomic E-state index is 13.2. The molecule has 2 aliphatic heterocycles. The molecule has 142 valence electrons. The first-order chi connectivity index (χ1) is 13.0. The third-order valence-corrected chi connectivity index (χ3v) is 5.42. The van der Waals surface area contributed by atoms with Crippen LogP contribution in [-0.2, 0) is 17.7 Å². The number of hydrogen-bond acceptors (Lipinski definition) is 4. The van der Waals surface area contributed by atoms with Crippen molar-refractivity contribution in [3.8, 4) is 0 Å². The topological polar surface area (TPSA) is 67.7 Å². The number of ether oxygens (including phenoxy) is 1. The summed E-state index contributed by atoms with van der Waals surface area (Å²) in [6, 6.07) is 11.9. The summed E-state index contributed by atoms with van der Waals surface area (Å²) >= 11 is 0. The van der Waals surface area contributed by atoms with Crippen molar-refractivity contribution in [3.63, 3.8) is 0 Å². The first kappa shape index (κ1) is 17.6. The predicted octanol–water partition coefficient (Wildman–Crippen LogP) is 2.10. The van der Waals surface area contributed by atoms with Gasteiger partial charge in [0, 0.05) is 32.6 Å². The number of nitrogens with zero attached hydrogens (tertiary/aromatic N) is 4. The third kappa shape index (κ3) is 3.07. The van der Waals surface area contributed by atoms with E-state index in [4.69, 9.17) is 4.74 Å². The molecule has 2 fully saturated rings. The van der Waals surface area contributed by atoms with Gasteiger partial charge < -0.3 is 9.64 Å². The SMILES string of the molecule is CCn1nc(C)cc1C(=O)N1CCN2C(=O)OCC2(Cc2ccccc2)C1. The Bertz CT molecular complexity index is 863. The minimum atomic E-state index is -0.515. The van der Waals surface area contributed by atoms with E-state index in [0.717, 1.165) is 11.3 Å². The fraction of sp³-hybridized carbons (Fsp3) is 0.450. The Morgan fingerprint density at radius 3 is 2.78 bits per heavy atom. The minimum Gasteiger partial charge on any atom is -0.447 e. The largest absolute Gasteiger partial charge is 0.447 e. The van der Waals surface area contributed by atoms with Gasteiger partial charge in [0.15, 0.2) is 0 Å². The summed E-state index contributed by atoms with van der Waals surface area (Å²) in [6.07, 6.45) is 0.377. The van der Waals surface area contributed by atoms with Crippen LogP contribution in [0.15, 0.2) is 36.4 Å². The Morgan fingerprint density at radius 1 is 1.26 bits per heavy atom. The van der Waals surface area contributed by atoms with Crippen molar-refractivity contribution >= 4 is 12.0 Å². The minimum absolute atomic E-state index is 0.0381. The van der Waals surface area contributed by atoms with Gasteiger partial charge in [-0.15, -0.1) is 0 Å². The van der Waals surface area contributed by atoms with Crippen LogP contribution >= 0.6 is 0 Å². The first-order valence-electron chi connectivity index (χ1n) is 9.34. The van der Waals surface area contributed by atoms with Crippen molar-refractivity contribution in [1.82, 2.24) is 19.6 Å². The second kappa shape index (κ2) is 6.72. The summed E-state index contributed by atoms with van der Waals surface area (Å²) in [4.78, 5) is 29.1. The Hall–Kier alpha value is -2.83. The van der Waals surface area contributed by atoms with Crippen molar-refractivity contribution in [2.75, 3.05) is 26.2 Å². The molecule has 0 aliphatic carbocycles. The molecule has 0 N–H and O–H groups in total. The van der Waals surface area contributed by atoms with Gasteiger partial charge in [-0.2, -0.15) is 5.10 Å². The molecule has 0 radical (unpaired) electrons. The number of amides is 2. The summed E-state index contributed by atoms with van der Waals surface area (Å²) in [5.74, 6) is -0.0381. The van der Waals surface area contributed by atoms with Crippen LogP contribution in [0.25, 0.3) is 0 Å². The van der Waals surface area contributed by atoms with E-state index in [1.807, 2.05) is 55.1 Å². The number of fused-ring (bicyclic) bond motifs is 1. The fourth-order valence-corrected chi connectivity index (χ4v) is 4.13. The molecule has 2 aliphatic rings. The third-order valence-electron chi connectivity index (χ3n) is 5.42. The first-order valence-corrected chi connectivity index (χ1v) is 9.34. The van der Waals surface area contributed by atoms with Crippen LogP contribution in [0.5, 0.6) is 0 Å². The molecule has 2 amide bonds. The van der Waals surface area contributed by atoms with Crippen LogP contribution in [0.2, 0.25) is 0 Å². The average molecular weight is 368 g/mol. The normalized spacial score (nSPS) is 21.9. The maximum atomic E-state index is 13.2. The summed E-state index contributed by atoms with van der Waals surface area (Å²) in [6.45, 7) is 6.25. The molecular weight excluding hydrogens is 344 g/mol. The molecule has 7 nitrogen and oxygen atoms in total. The Morgan fingerprint density at radius 2 is 2.04 bits per heavy atom. The summed E-state index contributed by atoms with van der Waals surface area (Å²) in [5.41, 5.74) is 2.05. The zero-order valence-corrected chi connectivity index (χ0v) is 15.7. The van der Waals surface area contributed by atoms with E-state index in [0.29, 0.717) is 44.9 Å². The number of cyclic esters (lactones) is 1. The van der Waals surface area contributed by atoms with Crippen LogP contribution < -0.4 is 0 Å². The van der Waals surface area contributed by atoms with Gasteiger partial charge in [0.25, 0.3) is 5.91 Å². The van der Waals surface area contributed by atoms with E-state index in [2.05, 4.69) is 5.10 Å². The van der Waals surface area contributed by atoms with Gasteiger partial charge in [-0.05, 0) is 25.5 Å². The van der Waals surface area contributed by atoms with Gasteiger partial charge in [0.2, 0.25) is 0 Å². The Labute approximate surface area is 158 Å². The van der Waals surface area contributed by atoms with Crippen molar-refractivity contribution in [3.05, 3.63) is 53.3 Å². The lowest BCUT2D eigenvalue weighted by Crippen LogP contribution is -2.63. The van der Waals surface area contributed by atoms with Crippen LogP contribution in [0.4, 0.5) is 4.79 Å². The van der Waals surface area contributed by atoms with Crippen molar-refractivity contribution in [2.24, 2.45) is 0 Å². The number of carbonyl (C=O) groups excluding carboxylic acids is 2. The van der Waals surface area contributed by atoms with Crippen molar-refractivity contribution in [1.29, 1.82) is 0 Å². The Balaban J connectivity index is 1.62. The second-order valence-electron chi connectivity index (χ2n) is 7.31. The van der Waals surface area contributed by atoms with Crippen LogP contribution in [0.3, 0.4) is 0 Å². The highest BCUT2D eigenvalue weighted by Crippen LogP contribution is 2.33. The lowest BCUT2D eigenvalue weighted by Gasteiger charge is -2.44. The molecule has 3 heterocycles. The zero-order valence-electron chi connectivity index (χ0n) is 15.7. The van der Waals surface area contributed by atoms with Crippen LogP contribution in [-0.4, -0.2) is 63.4 Å². The molecule has 0 bridgehead atoms. The summed E-state index contributed by atoms with van der Waals surface area (Å²) in [5, 5.41) is 4.39. The number of hydrogen-bond donors (Lipinski definition) is 0. The molecule has 4 rings (SSSR count). The quantitative estimate of drug-likeness (QED) is 0.829. The lowest BCUT2D eigenvalue weighted by atomic mass is 9.88. The van der Waals surface area contributed by atoms with Gasteiger partial charge in [-0.3, -0.25) is 14.4 Å². The van der Waals surface area contributed by atoms with E-state index in [1.165, 1.54) is 0 Å². The molecule has 7 heteroatoms. The molecule has 1 aromatic carbocycles. The number of benzene rings is 1. The molecule has 2 saturated heterocycles. The highest BCUT2D eigenvalue weighted by atomic mass is 16.6. The molecule has 1 unspecified atom stereocenters. The number of aryl methyl sites for hydroxylation is 2. The molecule has 2 aromatic rings. The van der Waals surface area contributed by atoms with E-state index in [1.54, 1.807) is 9.58 Å². The number of piperazine rings is 1. The molecule has 27 heavy (non-hydrogen) atoms. The van der Waals surface area contributed by atoms with Gasteiger partial charge in [0.05, 0.1) is 5.69 Å². The van der Waals surface area contributed by atoms with Crippen molar-refractivity contribution < 1.29 is 14.3 Å².